The summed E-state index contributed by atoms with van der Waals surface area (Å²) in [5.74, 6) is 0.694. The number of nitrogens with one attached hydrogen (secondary N) is 1. The van der Waals surface area contributed by atoms with Crippen LogP contribution < -0.4 is 10.1 Å². The van der Waals surface area contributed by atoms with Crippen molar-refractivity contribution < 1.29 is 9.53 Å². The van der Waals surface area contributed by atoms with Gasteiger partial charge in [0.1, 0.15) is 5.75 Å². The van der Waals surface area contributed by atoms with Crippen molar-refractivity contribution in [2.75, 3.05) is 12.4 Å². The minimum Gasteiger partial charge on any atom is -0.496 e. The molecule has 1 fully saturated rings. The van der Waals surface area contributed by atoms with Gasteiger partial charge in [-0.25, -0.2) is 0 Å². The molecule has 0 spiro atoms. The predicted octanol–water partition coefficient (Wildman–Crippen LogP) is 4.67. The summed E-state index contributed by atoms with van der Waals surface area (Å²) in [5.41, 5.74) is 1.05. The van der Waals surface area contributed by atoms with Crippen LogP contribution in [0.3, 0.4) is 0 Å². The molecule has 0 bridgehead atoms. The van der Waals surface area contributed by atoms with Gasteiger partial charge in [-0.05, 0) is 37.1 Å². The highest BCUT2D eigenvalue weighted by Crippen LogP contribution is 2.52. The molecule has 3 nitrogen and oxygen atoms in total. The fourth-order valence-corrected chi connectivity index (χ4v) is 2.91. The zero-order valence-corrected chi connectivity index (χ0v) is 13.5. The molecule has 0 aromatic heterocycles. The van der Waals surface area contributed by atoms with Crippen LogP contribution >= 0.6 is 23.2 Å². The van der Waals surface area contributed by atoms with E-state index < -0.39 is 5.41 Å². The smallest absolute Gasteiger partial charge is 0.235 e. The maximum absolute atomic E-state index is 12.7. The van der Waals surface area contributed by atoms with E-state index in [1.54, 1.807) is 25.3 Å². The number of benzene rings is 2. The van der Waals surface area contributed by atoms with Gasteiger partial charge < -0.3 is 10.1 Å². The number of hydrogen-bond donors (Lipinski definition) is 1. The Bertz CT molecular complexity index is 726. The Morgan fingerprint density at radius 2 is 1.86 bits per heavy atom. The highest BCUT2D eigenvalue weighted by atomic mass is 35.5. The molecule has 0 aliphatic heterocycles. The number of carbonyl (C=O) groups is 1. The fourth-order valence-electron chi connectivity index (χ4n) is 2.61. The molecular weight excluding hydrogens is 321 g/mol. The summed E-state index contributed by atoms with van der Waals surface area (Å²) in [6.07, 6.45) is 1.61. The van der Waals surface area contributed by atoms with Crippen LogP contribution in [0.1, 0.15) is 18.4 Å². The van der Waals surface area contributed by atoms with Gasteiger partial charge in [0.15, 0.2) is 0 Å². The average Bonchev–Trinajstić information content (AvgIpc) is 3.32. The van der Waals surface area contributed by atoms with E-state index in [4.69, 9.17) is 27.9 Å². The molecule has 0 unspecified atom stereocenters. The van der Waals surface area contributed by atoms with Crippen LogP contribution in [-0.2, 0) is 10.2 Å². The Morgan fingerprint density at radius 1 is 1.14 bits per heavy atom. The topological polar surface area (TPSA) is 38.3 Å². The lowest BCUT2D eigenvalue weighted by Crippen LogP contribution is -2.28. The average molecular weight is 336 g/mol. The van der Waals surface area contributed by atoms with E-state index in [9.17, 15) is 4.79 Å². The van der Waals surface area contributed by atoms with Gasteiger partial charge in [0, 0.05) is 11.3 Å². The number of rotatable bonds is 4. The molecule has 2 aromatic carbocycles. The number of methoxy groups -OCH3 is 1. The maximum Gasteiger partial charge on any atom is 0.235 e. The standard InChI is InChI=1S/C17H15Cl2NO2/c1-22-15-5-3-2-4-12(15)17(8-9-17)16(21)20-11-6-7-13(18)14(19)10-11/h2-7,10H,8-9H2,1H3,(H,20,21). The molecule has 1 aliphatic carbocycles. The number of carbonyl (C=O) groups excluding carboxylic acids is 1. The number of ether oxygens (including phenoxy) is 1. The summed E-state index contributed by atoms with van der Waals surface area (Å²) < 4.78 is 5.39. The van der Waals surface area contributed by atoms with E-state index in [2.05, 4.69) is 5.32 Å². The molecule has 22 heavy (non-hydrogen) atoms. The van der Waals surface area contributed by atoms with Gasteiger partial charge >= 0.3 is 0 Å². The molecule has 5 heteroatoms. The van der Waals surface area contributed by atoms with E-state index >= 15 is 0 Å². The molecule has 0 saturated heterocycles. The van der Waals surface area contributed by atoms with Crippen LogP contribution in [0.2, 0.25) is 10.0 Å². The van der Waals surface area contributed by atoms with E-state index in [0.29, 0.717) is 15.7 Å². The number of anilines is 1. The van der Waals surface area contributed by atoms with Gasteiger partial charge in [-0.1, -0.05) is 41.4 Å². The van der Waals surface area contributed by atoms with Crippen LogP contribution in [0.5, 0.6) is 5.75 Å². The third-order valence-electron chi connectivity index (χ3n) is 3.98. The molecule has 1 aliphatic rings. The Kier molecular flexibility index (Phi) is 4.02. The second-order valence-corrected chi connectivity index (χ2v) is 6.18. The molecule has 114 valence electrons. The first-order chi connectivity index (χ1) is 10.6. The fraction of sp³-hybridized carbons (Fsp3) is 0.235. The van der Waals surface area contributed by atoms with Crippen LogP contribution in [0.15, 0.2) is 42.5 Å². The minimum absolute atomic E-state index is 0.0459. The predicted molar refractivity (Wildman–Crippen MR) is 89.0 cm³/mol. The number of para-hydroxylation sites is 1. The van der Waals surface area contributed by atoms with Crippen LogP contribution in [-0.4, -0.2) is 13.0 Å². The molecule has 1 amide bonds. The van der Waals surface area contributed by atoms with Gasteiger partial charge in [0.2, 0.25) is 5.91 Å². The van der Waals surface area contributed by atoms with Gasteiger partial charge in [-0.15, -0.1) is 0 Å². The molecular formula is C17H15Cl2NO2. The van der Waals surface area contributed by atoms with E-state index in [1.165, 1.54) is 0 Å². The minimum atomic E-state index is -0.515. The lowest BCUT2D eigenvalue weighted by Gasteiger charge is -2.18. The first-order valence-corrected chi connectivity index (χ1v) is 7.72. The maximum atomic E-state index is 12.7. The molecule has 0 atom stereocenters. The number of halogens is 2. The number of hydrogen-bond acceptors (Lipinski definition) is 2. The summed E-state index contributed by atoms with van der Waals surface area (Å²) in [6, 6.07) is 12.7. The summed E-state index contributed by atoms with van der Waals surface area (Å²) in [7, 11) is 1.62. The lowest BCUT2D eigenvalue weighted by atomic mass is 9.94. The van der Waals surface area contributed by atoms with Crippen molar-refractivity contribution in [3.8, 4) is 5.75 Å². The van der Waals surface area contributed by atoms with Gasteiger partial charge in [0.25, 0.3) is 0 Å². The third kappa shape index (κ3) is 2.67. The largest absolute Gasteiger partial charge is 0.496 e. The van der Waals surface area contributed by atoms with E-state index in [1.807, 2.05) is 24.3 Å². The summed E-state index contributed by atoms with van der Waals surface area (Å²) >= 11 is 11.9. The second-order valence-electron chi connectivity index (χ2n) is 5.37. The number of amides is 1. The quantitative estimate of drug-likeness (QED) is 0.881. The van der Waals surface area contributed by atoms with E-state index in [-0.39, 0.29) is 5.91 Å². The van der Waals surface area contributed by atoms with Crippen LogP contribution in [0.25, 0.3) is 0 Å². The van der Waals surface area contributed by atoms with Crippen molar-refractivity contribution in [1.82, 2.24) is 0 Å². The van der Waals surface area contributed by atoms with Gasteiger partial charge in [-0.3, -0.25) is 4.79 Å². The van der Waals surface area contributed by atoms with Crippen molar-refractivity contribution in [3.05, 3.63) is 58.1 Å². The molecule has 1 N–H and O–H groups in total. The zero-order valence-electron chi connectivity index (χ0n) is 12.0. The molecule has 2 aromatic rings. The highest BCUT2D eigenvalue weighted by molar-refractivity contribution is 6.42. The third-order valence-corrected chi connectivity index (χ3v) is 4.72. The lowest BCUT2D eigenvalue weighted by molar-refractivity contribution is -0.118. The molecule has 3 rings (SSSR count). The van der Waals surface area contributed by atoms with Gasteiger partial charge in [0.05, 0.1) is 22.6 Å². The van der Waals surface area contributed by atoms with Crippen molar-refractivity contribution >= 4 is 34.8 Å². The molecule has 0 heterocycles. The second kappa shape index (κ2) is 5.82. The normalized spacial score (nSPS) is 15.2. The molecule has 1 saturated carbocycles. The summed E-state index contributed by atoms with van der Waals surface area (Å²) in [4.78, 5) is 12.7. The first-order valence-electron chi connectivity index (χ1n) is 6.97. The monoisotopic (exact) mass is 335 g/mol. The van der Waals surface area contributed by atoms with Crippen LogP contribution in [0.4, 0.5) is 5.69 Å². The van der Waals surface area contributed by atoms with E-state index in [0.717, 1.165) is 24.2 Å². The Morgan fingerprint density at radius 3 is 2.50 bits per heavy atom. The SMILES string of the molecule is COc1ccccc1C1(C(=O)Nc2ccc(Cl)c(Cl)c2)CC1. The van der Waals surface area contributed by atoms with Crippen molar-refractivity contribution in [2.24, 2.45) is 0 Å². The van der Waals surface area contributed by atoms with Crippen molar-refractivity contribution in [2.45, 2.75) is 18.3 Å². The highest BCUT2D eigenvalue weighted by Gasteiger charge is 2.52. The molecule has 0 radical (unpaired) electrons. The Labute approximate surface area is 139 Å². The van der Waals surface area contributed by atoms with Crippen LogP contribution in [0, 0.1) is 0 Å². The Balaban J connectivity index is 1.86. The zero-order chi connectivity index (χ0) is 15.7. The summed E-state index contributed by atoms with van der Waals surface area (Å²) in [5, 5.41) is 3.81. The Hall–Kier alpha value is -1.71. The van der Waals surface area contributed by atoms with Crippen molar-refractivity contribution in [3.63, 3.8) is 0 Å². The van der Waals surface area contributed by atoms with Gasteiger partial charge in [-0.2, -0.15) is 0 Å². The van der Waals surface area contributed by atoms with Crippen molar-refractivity contribution in [1.29, 1.82) is 0 Å². The first kappa shape index (κ1) is 15.2. The summed E-state index contributed by atoms with van der Waals surface area (Å²) in [6.45, 7) is 0.